The minimum absolute atomic E-state index is 0. The van der Waals surface area contributed by atoms with Crippen LogP contribution in [0.3, 0.4) is 0 Å². The molecule has 3 rings (SSSR count). The van der Waals surface area contributed by atoms with Gasteiger partial charge in [0.05, 0.1) is 4.34 Å². The van der Waals surface area contributed by atoms with Crippen molar-refractivity contribution >= 4 is 44.6 Å². The Morgan fingerprint density at radius 3 is 2.12 bits per heavy atom. The van der Waals surface area contributed by atoms with Crippen LogP contribution in [0.5, 0.6) is 0 Å². The molecule has 0 atom stereocenters. The summed E-state index contributed by atoms with van der Waals surface area (Å²) in [6.45, 7) is 3.20. The summed E-state index contributed by atoms with van der Waals surface area (Å²) in [5.41, 5.74) is 1.18. The van der Waals surface area contributed by atoms with E-state index in [4.69, 9.17) is 23.2 Å². The Hall–Kier alpha value is -0.340. The fraction of sp³-hybridized carbons (Fsp3) is 0.333. The highest BCUT2D eigenvalue weighted by molar-refractivity contribution is 7.91. The Morgan fingerprint density at radius 2 is 1.58 bits per heavy atom. The molecule has 0 spiro atoms. The maximum atomic E-state index is 12.5. The van der Waals surface area contributed by atoms with Crippen molar-refractivity contribution in [2.24, 2.45) is 0 Å². The van der Waals surface area contributed by atoms with E-state index < -0.39 is 10.0 Å². The molecule has 2 aromatic rings. The molecule has 0 amide bonds. The molecule has 0 bridgehead atoms. The fourth-order valence-electron chi connectivity index (χ4n) is 2.54. The van der Waals surface area contributed by atoms with Crippen LogP contribution < -0.4 is 12.4 Å². The monoisotopic (exact) mass is 425 g/mol. The third-order valence-electron chi connectivity index (χ3n) is 3.79. The van der Waals surface area contributed by atoms with Crippen LogP contribution >= 0.6 is 34.5 Å². The molecule has 1 aromatic heterocycles. The predicted octanol–water partition coefficient (Wildman–Crippen LogP) is 0.565. The van der Waals surface area contributed by atoms with Gasteiger partial charge in [0.25, 0.3) is 10.0 Å². The van der Waals surface area contributed by atoms with Gasteiger partial charge in [-0.1, -0.05) is 35.3 Å². The number of hydrogen-bond acceptors (Lipinski definition) is 4. The van der Waals surface area contributed by atoms with Crippen molar-refractivity contribution in [1.82, 2.24) is 9.21 Å². The van der Waals surface area contributed by atoms with Crippen LogP contribution in [-0.4, -0.2) is 43.8 Å². The average Bonchev–Trinajstić information content (AvgIpc) is 2.98. The Labute approximate surface area is 162 Å². The molecule has 0 saturated carbocycles. The third kappa shape index (κ3) is 4.64. The van der Waals surface area contributed by atoms with E-state index in [1.165, 1.54) is 9.87 Å². The lowest BCUT2D eigenvalue weighted by Crippen LogP contribution is -3.00. The number of sulfonamides is 1. The van der Waals surface area contributed by atoms with Gasteiger partial charge in [-0.15, -0.1) is 11.3 Å². The van der Waals surface area contributed by atoms with Crippen LogP contribution in [0.25, 0.3) is 0 Å². The van der Waals surface area contributed by atoms with Gasteiger partial charge in [-0.3, -0.25) is 4.90 Å². The van der Waals surface area contributed by atoms with Gasteiger partial charge < -0.3 is 12.4 Å². The lowest BCUT2D eigenvalue weighted by Gasteiger charge is -2.33. The SMILES string of the molecule is O=S(=O)(c1ccc(Cl)s1)N1CCN(Cc2ccc(Cl)cc2)CC1.[Cl-]. The molecule has 1 fully saturated rings. The van der Waals surface area contributed by atoms with Gasteiger partial charge in [0.15, 0.2) is 0 Å². The summed E-state index contributed by atoms with van der Waals surface area (Å²) in [6, 6.07) is 10.9. The Kier molecular flexibility index (Phi) is 6.96. The van der Waals surface area contributed by atoms with Gasteiger partial charge in [-0.2, -0.15) is 4.31 Å². The fourth-order valence-corrected chi connectivity index (χ4v) is 5.72. The van der Waals surface area contributed by atoms with Gasteiger partial charge in [0.2, 0.25) is 0 Å². The van der Waals surface area contributed by atoms with Crippen molar-refractivity contribution in [3.63, 3.8) is 0 Å². The number of nitrogens with zero attached hydrogens (tertiary/aromatic N) is 2. The summed E-state index contributed by atoms with van der Waals surface area (Å²) in [7, 11) is -3.42. The molecule has 0 aliphatic carbocycles. The van der Waals surface area contributed by atoms with Crippen molar-refractivity contribution in [1.29, 1.82) is 0 Å². The van der Waals surface area contributed by atoms with Crippen LogP contribution in [0.4, 0.5) is 0 Å². The van der Waals surface area contributed by atoms with Crippen molar-refractivity contribution in [2.75, 3.05) is 26.2 Å². The van der Waals surface area contributed by atoms with Gasteiger partial charge in [0, 0.05) is 37.7 Å². The smallest absolute Gasteiger partial charge is 0.252 e. The third-order valence-corrected chi connectivity index (χ3v) is 7.64. The van der Waals surface area contributed by atoms with Crippen LogP contribution in [0.2, 0.25) is 9.36 Å². The normalized spacial score (nSPS) is 16.8. The summed E-state index contributed by atoms with van der Waals surface area (Å²) < 4.78 is 27.4. The zero-order chi connectivity index (χ0) is 16.4. The first-order chi connectivity index (χ1) is 10.9. The number of halogens is 3. The van der Waals surface area contributed by atoms with Crippen LogP contribution in [0.1, 0.15) is 5.56 Å². The summed E-state index contributed by atoms with van der Waals surface area (Å²) in [5, 5.41) is 0.722. The highest BCUT2D eigenvalue weighted by atomic mass is 35.5. The van der Waals surface area contributed by atoms with Crippen molar-refractivity contribution in [3.8, 4) is 0 Å². The first kappa shape index (κ1) is 20.0. The Balaban J connectivity index is 0.00000208. The van der Waals surface area contributed by atoms with E-state index in [-0.39, 0.29) is 12.4 Å². The Bertz CT molecular complexity index is 770. The average molecular weight is 427 g/mol. The summed E-state index contributed by atoms with van der Waals surface area (Å²) in [5.74, 6) is 0. The second kappa shape index (κ2) is 8.36. The minimum Gasteiger partial charge on any atom is -1.00 e. The van der Waals surface area contributed by atoms with Gasteiger partial charge in [0.1, 0.15) is 4.21 Å². The lowest BCUT2D eigenvalue weighted by atomic mass is 10.2. The number of piperazine rings is 1. The predicted molar refractivity (Wildman–Crippen MR) is 94.8 cm³/mol. The van der Waals surface area contributed by atoms with Gasteiger partial charge >= 0.3 is 0 Å². The maximum absolute atomic E-state index is 12.5. The second-order valence-electron chi connectivity index (χ2n) is 5.37. The topological polar surface area (TPSA) is 40.6 Å². The standard InChI is InChI=1S/C15H16Cl2N2O2S2.ClH/c16-13-3-1-12(2-4-13)11-18-7-9-19(10-8-18)23(20,21)15-6-5-14(17)22-15;/h1-6H,7-11H2;1H/p-1. The molecule has 0 radical (unpaired) electrons. The van der Waals surface area contributed by atoms with Crippen molar-refractivity contribution in [2.45, 2.75) is 10.8 Å². The highest BCUT2D eigenvalue weighted by Gasteiger charge is 2.29. The number of benzene rings is 1. The summed E-state index contributed by atoms with van der Waals surface area (Å²) in [6.07, 6.45) is 0. The molecule has 1 aliphatic heterocycles. The van der Waals surface area contributed by atoms with E-state index >= 15 is 0 Å². The minimum atomic E-state index is -3.42. The quantitative estimate of drug-likeness (QED) is 0.717. The first-order valence-electron chi connectivity index (χ1n) is 7.17. The van der Waals surface area contributed by atoms with Gasteiger partial charge in [-0.05, 0) is 29.8 Å². The van der Waals surface area contributed by atoms with E-state index in [9.17, 15) is 8.42 Å². The molecule has 1 aliphatic rings. The van der Waals surface area contributed by atoms with Gasteiger partial charge in [-0.25, -0.2) is 8.42 Å². The van der Waals surface area contributed by atoms with Crippen LogP contribution in [0.15, 0.2) is 40.6 Å². The van der Waals surface area contributed by atoms with Crippen molar-refractivity contribution < 1.29 is 20.8 Å². The highest BCUT2D eigenvalue weighted by Crippen LogP contribution is 2.28. The molecule has 24 heavy (non-hydrogen) atoms. The van der Waals surface area contributed by atoms with Crippen LogP contribution in [0, 0.1) is 0 Å². The number of thiophene rings is 1. The number of rotatable bonds is 4. The molecule has 2 heterocycles. The molecule has 9 heteroatoms. The zero-order valence-corrected chi connectivity index (χ0v) is 16.6. The van der Waals surface area contributed by atoms with Crippen molar-refractivity contribution in [3.05, 3.63) is 51.3 Å². The molecule has 4 nitrogen and oxygen atoms in total. The van der Waals surface area contributed by atoms with E-state index in [0.29, 0.717) is 34.7 Å². The molecule has 1 saturated heterocycles. The van der Waals surface area contributed by atoms with E-state index in [2.05, 4.69) is 4.90 Å². The largest absolute Gasteiger partial charge is 1.00 e. The lowest BCUT2D eigenvalue weighted by molar-refractivity contribution is -0.00000709. The van der Waals surface area contributed by atoms with Crippen LogP contribution in [-0.2, 0) is 16.6 Å². The first-order valence-corrected chi connectivity index (χ1v) is 10.2. The molecular weight excluding hydrogens is 411 g/mol. The second-order valence-corrected chi connectivity index (χ2v) is 9.68. The summed E-state index contributed by atoms with van der Waals surface area (Å²) in [4.78, 5) is 2.25. The summed E-state index contributed by atoms with van der Waals surface area (Å²) >= 11 is 12.8. The molecular formula is C15H16Cl3N2O2S2-. The zero-order valence-electron chi connectivity index (χ0n) is 12.7. The Morgan fingerprint density at radius 1 is 0.958 bits per heavy atom. The van der Waals surface area contributed by atoms with E-state index in [1.807, 2.05) is 24.3 Å². The van der Waals surface area contributed by atoms with E-state index in [0.717, 1.165) is 22.9 Å². The van der Waals surface area contributed by atoms with E-state index in [1.54, 1.807) is 12.1 Å². The molecule has 0 N–H and O–H groups in total. The maximum Gasteiger partial charge on any atom is 0.252 e. The number of hydrogen-bond donors (Lipinski definition) is 0. The molecule has 1 aromatic carbocycles. The molecule has 0 unspecified atom stereocenters. The molecule has 132 valence electrons.